The minimum Gasteiger partial charge on any atom is -0.493 e. The number of ether oxygens (including phenoxy) is 2. The van der Waals surface area contributed by atoms with E-state index in [2.05, 4.69) is 32.0 Å². The van der Waals surface area contributed by atoms with Crippen molar-refractivity contribution >= 4 is 6.29 Å². The zero-order valence-electron chi connectivity index (χ0n) is 12.0. The van der Waals surface area contributed by atoms with Gasteiger partial charge in [0.05, 0.1) is 7.11 Å². The van der Waals surface area contributed by atoms with E-state index in [0.717, 1.165) is 11.8 Å². The SMILES string of the molecule is COc1cc(C=O)ccc1OCc1ccc(C)c(C)c1. The molecule has 0 atom stereocenters. The van der Waals surface area contributed by atoms with Gasteiger partial charge in [-0.05, 0) is 48.7 Å². The van der Waals surface area contributed by atoms with Crippen LogP contribution in [-0.2, 0) is 6.61 Å². The molecular weight excluding hydrogens is 252 g/mol. The molecule has 0 fully saturated rings. The maximum atomic E-state index is 10.7. The minimum atomic E-state index is 0.470. The molecule has 0 saturated carbocycles. The Morgan fingerprint density at radius 1 is 1.00 bits per heavy atom. The molecular formula is C17H18O3. The van der Waals surface area contributed by atoms with Crippen molar-refractivity contribution in [1.29, 1.82) is 0 Å². The second kappa shape index (κ2) is 6.24. The van der Waals surface area contributed by atoms with E-state index < -0.39 is 0 Å². The maximum absolute atomic E-state index is 10.7. The van der Waals surface area contributed by atoms with Gasteiger partial charge >= 0.3 is 0 Å². The van der Waals surface area contributed by atoms with Crippen LogP contribution in [0.15, 0.2) is 36.4 Å². The molecule has 0 bridgehead atoms. The fourth-order valence-electron chi connectivity index (χ4n) is 1.93. The van der Waals surface area contributed by atoms with Gasteiger partial charge < -0.3 is 9.47 Å². The van der Waals surface area contributed by atoms with Crippen LogP contribution in [0.1, 0.15) is 27.0 Å². The van der Waals surface area contributed by atoms with Gasteiger partial charge in [-0.1, -0.05) is 18.2 Å². The van der Waals surface area contributed by atoms with Crippen molar-refractivity contribution in [1.82, 2.24) is 0 Å². The molecule has 0 spiro atoms. The molecule has 0 aliphatic rings. The van der Waals surface area contributed by atoms with Crippen LogP contribution in [0.2, 0.25) is 0 Å². The molecule has 0 amide bonds. The predicted molar refractivity (Wildman–Crippen MR) is 78.6 cm³/mol. The van der Waals surface area contributed by atoms with Crippen molar-refractivity contribution < 1.29 is 14.3 Å². The third-order valence-corrected chi connectivity index (χ3v) is 3.29. The van der Waals surface area contributed by atoms with Crippen LogP contribution in [0.3, 0.4) is 0 Å². The van der Waals surface area contributed by atoms with E-state index in [9.17, 15) is 4.79 Å². The van der Waals surface area contributed by atoms with Crippen molar-refractivity contribution in [3.63, 3.8) is 0 Å². The lowest BCUT2D eigenvalue weighted by Crippen LogP contribution is -1.99. The number of aldehydes is 1. The first-order chi connectivity index (χ1) is 9.63. The lowest BCUT2D eigenvalue weighted by molar-refractivity contribution is 0.112. The summed E-state index contributed by atoms with van der Waals surface area (Å²) >= 11 is 0. The summed E-state index contributed by atoms with van der Waals surface area (Å²) in [4.78, 5) is 10.7. The molecule has 0 heterocycles. The third-order valence-electron chi connectivity index (χ3n) is 3.29. The number of aryl methyl sites for hydroxylation is 2. The highest BCUT2D eigenvalue weighted by Gasteiger charge is 2.06. The summed E-state index contributed by atoms with van der Waals surface area (Å²) in [7, 11) is 1.56. The van der Waals surface area contributed by atoms with E-state index >= 15 is 0 Å². The number of rotatable bonds is 5. The van der Waals surface area contributed by atoms with E-state index in [1.54, 1.807) is 25.3 Å². The second-order valence-electron chi connectivity index (χ2n) is 4.74. The van der Waals surface area contributed by atoms with E-state index in [1.807, 2.05) is 0 Å². The van der Waals surface area contributed by atoms with Crippen molar-refractivity contribution in [3.05, 3.63) is 58.7 Å². The number of methoxy groups -OCH3 is 1. The molecule has 0 aliphatic carbocycles. The van der Waals surface area contributed by atoms with Crippen LogP contribution >= 0.6 is 0 Å². The fraction of sp³-hybridized carbons (Fsp3) is 0.235. The van der Waals surface area contributed by atoms with Crippen LogP contribution in [0, 0.1) is 13.8 Å². The highest BCUT2D eigenvalue weighted by atomic mass is 16.5. The van der Waals surface area contributed by atoms with Crippen LogP contribution < -0.4 is 9.47 Å². The number of hydrogen-bond donors (Lipinski definition) is 0. The molecule has 2 rings (SSSR count). The molecule has 3 nitrogen and oxygen atoms in total. The molecule has 2 aromatic rings. The lowest BCUT2D eigenvalue weighted by atomic mass is 10.1. The lowest BCUT2D eigenvalue weighted by Gasteiger charge is -2.12. The number of benzene rings is 2. The van der Waals surface area contributed by atoms with Crippen LogP contribution in [0.25, 0.3) is 0 Å². The summed E-state index contributed by atoms with van der Waals surface area (Å²) in [6.07, 6.45) is 0.787. The van der Waals surface area contributed by atoms with Gasteiger partial charge in [-0.25, -0.2) is 0 Å². The highest BCUT2D eigenvalue weighted by molar-refractivity contribution is 5.76. The smallest absolute Gasteiger partial charge is 0.161 e. The van der Waals surface area contributed by atoms with Crippen LogP contribution in [-0.4, -0.2) is 13.4 Å². The van der Waals surface area contributed by atoms with E-state index in [1.165, 1.54) is 11.1 Å². The molecule has 0 aromatic heterocycles. The molecule has 0 N–H and O–H groups in total. The first-order valence-corrected chi connectivity index (χ1v) is 6.46. The Kier molecular flexibility index (Phi) is 4.41. The number of carbonyl (C=O) groups excluding carboxylic acids is 1. The summed E-state index contributed by atoms with van der Waals surface area (Å²) in [5, 5.41) is 0. The molecule has 0 radical (unpaired) electrons. The second-order valence-corrected chi connectivity index (χ2v) is 4.74. The molecule has 20 heavy (non-hydrogen) atoms. The van der Waals surface area contributed by atoms with Gasteiger partial charge in [0.25, 0.3) is 0 Å². The quantitative estimate of drug-likeness (QED) is 0.777. The Hall–Kier alpha value is -2.29. The van der Waals surface area contributed by atoms with Crippen molar-refractivity contribution in [2.24, 2.45) is 0 Å². The zero-order valence-corrected chi connectivity index (χ0v) is 12.0. The summed E-state index contributed by atoms with van der Waals surface area (Å²) in [6.45, 7) is 4.64. The molecule has 0 saturated heterocycles. The van der Waals surface area contributed by atoms with Gasteiger partial charge in [0.1, 0.15) is 12.9 Å². The largest absolute Gasteiger partial charge is 0.493 e. The van der Waals surface area contributed by atoms with Crippen molar-refractivity contribution in [2.75, 3.05) is 7.11 Å². The summed E-state index contributed by atoms with van der Waals surface area (Å²) < 4.78 is 11.0. The summed E-state index contributed by atoms with van der Waals surface area (Å²) in [6, 6.07) is 11.4. The van der Waals surface area contributed by atoms with Crippen LogP contribution in [0.4, 0.5) is 0 Å². The molecule has 2 aromatic carbocycles. The van der Waals surface area contributed by atoms with Crippen molar-refractivity contribution in [3.8, 4) is 11.5 Å². The van der Waals surface area contributed by atoms with Gasteiger partial charge in [-0.2, -0.15) is 0 Å². The molecule has 104 valence electrons. The third kappa shape index (κ3) is 3.18. The topological polar surface area (TPSA) is 35.5 Å². The fourth-order valence-corrected chi connectivity index (χ4v) is 1.93. The van der Waals surface area contributed by atoms with E-state index in [0.29, 0.717) is 23.7 Å². The molecule has 0 aliphatic heterocycles. The van der Waals surface area contributed by atoms with Gasteiger partial charge in [-0.15, -0.1) is 0 Å². The molecule has 3 heteroatoms. The average Bonchev–Trinajstić information content (AvgIpc) is 2.48. The van der Waals surface area contributed by atoms with Gasteiger partial charge in [0, 0.05) is 5.56 Å². The summed E-state index contributed by atoms with van der Waals surface area (Å²) in [5.74, 6) is 1.20. The van der Waals surface area contributed by atoms with E-state index in [-0.39, 0.29) is 0 Å². The predicted octanol–water partition coefficient (Wildman–Crippen LogP) is 3.70. The number of hydrogen-bond acceptors (Lipinski definition) is 3. The van der Waals surface area contributed by atoms with Gasteiger partial charge in [0.2, 0.25) is 0 Å². The Morgan fingerprint density at radius 3 is 2.45 bits per heavy atom. The average molecular weight is 270 g/mol. The first-order valence-electron chi connectivity index (χ1n) is 6.46. The standard InChI is InChI=1S/C17H18O3/c1-12-4-5-15(8-13(12)2)11-20-16-7-6-14(10-18)9-17(16)19-3/h4-10H,11H2,1-3H3. The van der Waals surface area contributed by atoms with Crippen LogP contribution in [0.5, 0.6) is 11.5 Å². The molecule has 0 unspecified atom stereocenters. The zero-order chi connectivity index (χ0) is 14.5. The van der Waals surface area contributed by atoms with E-state index in [4.69, 9.17) is 9.47 Å². The Morgan fingerprint density at radius 2 is 1.80 bits per heavy atom. The van der Waals surface area contributed by atoms with Gasteiger partial charge in [-0.3, -0.25) is 4.79 Å². The Labute approximate surface area is 119 Å². The first kappa shape index (κ1) is 14.1. The van der Waals surface area contributed by atoms with Gasteiger partial charge in [0.15, 0.2) is 11.5 Å². The Bertz CT molecular complexity index is 618. The number of carbonyl (C=O) groups is 1. The maximum Gasteiger partial charge on any atom is 0.161 e. The summed E-state index contributed by atoms with van der Waals surface area (Å²) in [5.41, 5.74) is 4.19. The highest BCUT2D eigenvalue weighted by Crippen LogP contribution is 2.28. The van der Waals surface area contributed by atoms with Crippen molar-refractivity contribution in [2.45, 2.75) is 20.5 Å². The monoisotopic (exact) mass is 270 g/mol. The minimum absolute atomic E-state index is 0.470. The Balaban J connectivity index is 2.13. The normalized spacial score (nSPS) is 10.2.